The van der Waals surface area contributed by atoms with E-state index in [1.165, 1.54) is 12.3 Å². The predicted octanol–water partition coefficient (Wildman–Crippen LogP) is 3.22. The van der Waals surface area contributed by atoms with Gasteiger partial charge in [-0.2, -0.15) is 10.1 Å². The van der Waals surface area contributed by atoms with Crippen LogP contribution < -0.4 is 0 Å². The van der Waals surface area contributed by atoms with E-state index in [2.05, 4.69) is 20.2 Å². The van der Waals surface area contributed by atoms with Crippen LogP contribution >= 0.6 is 0 Å². The molecule has 0 radical (unpaired) electrons. The molecule has 25 heavy (non-hydrogen) atoms. The van der Waals surface area contributed by atoms with Crippen molar-refractivity contribution >= 4 is 11.0 Å². The molecule has 1 aliphatic carbocycles. The molecule has 8 heteroatoms. The first-order valence-corrected chi connectivity index (χ1v) is 8.07. The summed E-state index contributed by atoms with van der Waals surface area (Å²) in [7, 11) is 1.87. The van der Waals surface area contributed by atoms with Crippen LogP contribution in [-0.2, 0) is 13.5 Å². The zero-order chi connectivity index (χ0) is 17.0. The zero-order valence-corrected chi connectivity index (χ0v) is 13.4. The highest BCUT2D eigenvalue weighted by Gasteiger charge is 2.28. The second-order valence-corrected chi connectivity index (χ2v) is 6.23. The predicted molar refractivity (Wildman–Crippen MR) is 85.2 cm³/mol. The van der Waals surface area contributed by atoms with E-state index < -0.39 is 5.82 Å². The van der Waals surface area contributed by atoms with E-state index >= 15 is 0 Å². The fourth-order valence-corrected chi connectivity index (χ4v) is 2.90. The molecule has 4 aromatic rings. The van der Waals surface area contributed by atoms with Crippen molar-refractivity contribution in [1.82, 2.24) is 24.9 Å². The van der Waals surface area contributed by atoms with Gasteiger partial charge in [0.25, 0.3) is 5.89 Å². The molecule has 3 heterocycles. The summed E-state index contributed by atoms with van der Waals surface area (Å²) in [6, 6.07) is 4.62. The van der Waals surface area contributed by atoms with Gasteiger partial charge in [-0.25, -0.2) is 9.37 Å². The Hall–Kier alpha value is -3.03. The summed E-state index contributed by atoms with van der Waals surface area (Å²) >= 11 is 0. The molecule has 0 unspecified atom stereocenters. The number of nitrogens with zero attached hydrogens (tertiary/aromatic N) is 5. The Kier molecular flexibility index (Phi) is 3.00. The SMILES string of the molecule is Cn1nc(C2CC2)nc1Cc1noc(-c2ccc(F)c3occc23)n1. The molecule has 0 bridgehead atoms. The second-order valence-electron chi connectivity index (χ2n) is 6.23. The zero-order valence-electron chi connectivity index (χ0n) is 13.4. The molecule has 1 aliphatic rings. The van der Waals surface area contributed by atoms with Crippen molar-refractivity contribution in [3.63, 3.8) is 0 Å². The Bertz CT molecular complexity index is 1080. The van der Waals surface area contributed by atoms with Crippen LogP contribution in [0.25, 0.3) is 22.4 Å². The number of hydrogen-bond acceptors (Lipinski definition) is 6. The van der Waals surface area contributed by atoms with Gasteiger partial charge < -0.3 is 8.94 Å². The first kappa shape index (κ1) is 14.3. The van der Waals surface area contributed by atoms with E-state index in [0.717, 1.165) is 24.5 Å². The van der Waals surface area contributed by atoms with Gasteiger partial charge in [-0.3, -0.25) is 4.68 Å². The first-order chi connectivity index (χ1) is 12.2. The maximum absolute atomic E-state index is 13.7. The van der Waals surface area contributed by atoms with Crippen molar-refractivity contribution < 1.29 is 13.3 Å². The van der Waals surface area contributed by atoms with Crippen LogP contribution in [0, 0.1) is 5.82 Å². The fourth-order valence-electron chi connectivity index (χ4n) is 2.90. The average Bonchev–Trinajstić information content (AvgIpc) is 3.00. The van der Waals surface area contributed by atoms with Gasteiger partial charge in [0.1, 0.15) is 5.82 Å². The topological polar surface area (TPSA) is 82.8 Å². The number of furan rings is 1. The number of fused-ring (bicyclic) bond motifs is 1. The van der Waals surface area contributed by atoms with Gasteiger partial charge >= 0.3 is 0 Å². The average molecular weight is 339 g/mol. The van der Waals surface area contributed by atoms with E-state index in [1.54, 1.807) is 16.8 Å². The number of hydrogen-bond donors (Lipinski definition) is 0. The van der Waals surface area contributed by atoms with Gasteiger partial charge in [-0.05, 0) is 31.0 Å². The summed E-state index contributed by atoms with van der Waals surface area (Å²) in [5, 5.41) is 9.07. The second kappa shape index (κ2) is 5.23. The number of halogens is 1. The molecule has 1 aromatic carbocycles. The van der Waals surface area contributed by atoms with Gasteiger partial charge in [-0.15, -0.1) is 0 Å². The molecule has 1 saturated carbocycles. The molecule has 1 fully saturated rings. The Morgan fingerprint density at radius 2 is 2.12 bits per heavy atom. The summed E-state index contributed by atoms with van der Waals surface area (Å²) in [6.07, 6.45) is 4.17. The molecule has 126 valence electrons. The summed E-state index contributed by atoms with van der Waals surface area (Å²) < 4.78 is 26.0. The quantitative estimate of drug-likeness (QED) is 0.568. The molecule has 0 N–H and O–H groups in total. The summed E-state index contributed by atoms with van der Waals surface area (Å²) in [5.74, 6) is 2.59. The molecule has 7 nitrogen and oxygen atoms in total. The Morgan fingerprint density at radius 1 is 1.24 bits per heavy atom. The van der Waals surface area contributed by atoms with Gasteiger partial charge in [-0.1, -0.05) is 5.16 Å². The largest absolute Gasteiger partial charge is 0.461 e. The van der Waals surface area contributed by atoms with Gasteiger partial charge in [0.2, 0.25) is 0 Å². The molecule has 0 amide bonds. The molecular weight excluding hydrogens is 325 g/mol. The summed E-state index contributed by atoms with van der Waals surface area (Å²) in [4.78, 5) is 8.99. The molecule has 5 rings (SSSR count). The van der Waals surface area contributed by atoms with Crippen molar-refractivity contribution in [1.29, 1.82) is 0 Å². The van der Waals surface area contributed by atoms with Crippen LogP contribution in [0.15, 0.2) is 33.4 Å². The van der Waals surface area contributed by atoms with Crippen LogP contribution in [0.5, 0.6) is 0 Å². The Labute approximate surface area is 141 Å². The smallest absolute Gasteiger partial charge is 0.258 e. The molecule has 3 aromatic heterocycles. The lowest BCUT2D eigenvalue weighted by Crippen LogP contribution is -2.01. The molecule has 0 aliphatic heterocycles. The molecule has 0 spiro atoms. The number of aryl methyl sites for hydroxylation is 1. The third kappa shape index (κ3) is 2.41. The fraction of sp³-hybridized carbons (Fsp3) is 0.294. The lowest BCUT2D eigenvalue weighted by Gasteiger charge is -1.97. The van der Waals surface area contributed by atoms with E-state index in [1.807, 2.05) is 7.05 Å². The third-order valence-electron chi connectivity index (χ3n) is 4.40. The monoisotopic (exact) mass is 339 g/mol. The van der Waals surface area contributed by atoms with Crippen LogP contribution in [0.1, 0.15) is 36.2 Å². The number of aromatic nitrogens is 5. The van der Waals surface area contributed by atoms with Gasteiger partial charge in [0.15, 0.2) is 23.0 Å². The van der Waals surface area contributed by atoms with Crippen LogP contribution in [0.2, 0.25) is 0 Å². The normalized spacial score (nSPS) is 14.5. The van der Waals surface area contributed by atoms with Gasteiger partial charge in [0, 0.05) is 18.4 Å². The summed E-state index contributed by atoms with van der Waals surface area (Å²) in [6.45, 7) is 0. The van der Waals surface area contributed by atoms with Crippen molar-refractivity contribution in [2.45, 2.75) is 25.2 Å². The van der Waals surface area contributed by atoms with E-state index in [4.69, 9.17) is 8.94 Å². The minimum Gasteiger partial charge on any atom is -0.461 e. The highest BCUT2D eigenvalue weighted by Crippen LogP contribution is 2.38. The van der Waals surface area contributed by atoms with E-state index in [-0.39, 0.29) is 5.58 Å². The van der Waals surface area contributed by atoms with Crippen molar-refractivity contribution in [3.8, 4) is 11.5 Å². The summed E-state index contributed by atoms with van der Waals surface area (Å²) in [5.41, 5.74) is 0.820. The van der Waals surface area contributed by atoms with Crippen molar-refractivity contribution in [2.75, 3.05) is 0 Å². The maximum Gasteiger partial charge on any atom is 0.258 e. The number of benzene rings is 1. The van der Waals surface area contributed by atoms with Gasteiger partial charge in [0.05, 0.1) is 18.2 Å². The number of rotatable bonds is 4. The van der Waals surface area contributed by atoms with Crippen molar-refractivity contribution in [2.24, 2.45) is 7.05 Å². The lowest BCUT2D eigenvalue weighted by atomic mass is 10.1. The minimum absolute atomic E-state index is 0.180. The molecular formula is C17H14FN5O2. The van der Waals surface area contributed by atoms with Crippen LogP contribution in [-0.4, -0.2) is 24.9 Å². The van der Waals surface area contributed by atoms with E-state index in [9.17, 15) is 4.39 Å². The highest BCUT2D eigenvalue weighted by molar-refractivity contribution is 5.91. The van der Waals surface area contributed by atoms with Crippen LogP contribution in [0.4, 0.5) is 4.39 Å². The molecule has 0 saturated heterocycles. The van der Waals surface area contributed by atoms with Crippen molar-refractivity contribution in [3.05, 3.63) is 47.8 Å². The Balaban J connectivity index is 1.47. The minimum atomic E-state index is -0.421. The molecule has 0 atom stereocenters. The maximum atomic E-state index is 13.7. The Morgan fingerprint density at radius 3 is 2.96 bits per heavy atom. The van der Waals surface area contributed by atoms with E-state index in [0.29, 0.717) is 35.0 Å². The standard InChI is InChI=1S/C17H14FN5O2/c1-23-14(20-16(21-23)9-2-3-9)8-13-19-17(25-22-13)11-4-5-12(18)15-10(11)6-7-24-15/h4-7,9H,2-3,8H2,1H3. The lowest BCUT2D eigenvalue weighted by molar-refractivity contribution is 0.423. The third-order valence-corrected chi connectivity index (χ3v) is 4.40. The highest BCUT2D eigenvalue weighted by atomic mass is 19.1. The van der Waals surface area contributed by atoms with Crippen LogP contribution in [0.3, 0.4) is 0 Å². The first-order valence-electron chi connectivity index (χ1n) is 8.07.